The van der Waals surface area contributed by atoms with Crippen LogP contribution >= 0.6 is 0 Å². The maximum Gasteiger partial charge on any atom is 0.416 e. The van der Waals surface area contributed by atoms with Crippen LogP contribution < -0.4 is 4.74 Å². The summed E-state index contributed by atoms with van der Waals surface area (Å²) in [7, 11) is 0. The molecule has 0 radical (unpaired) electrons. The van der Waals surface area contributed by atoms with Crippen molar-refractivity contribution in [3.05, 3.63) is 59.7 Å². The minimum Gasteiger partial charge on any atom is -0.456 e. The van der Waals surface area contributed by atoms with Crippen molar-refractivity contribution in [2.75, 3.05) is 0 Å². The first kappa shape index (κ1) is 13.0. The summed E-state index contributed by atoms with van der Waals surface area (Å²) >= 11 is 0. The molecule has 0 saturated heterocycles. The lowest BCUT2D eigenvalue weighted by molar-refractivity contribution is -0.137. The largest absolute Gasteiger partial charge is 0.456 e. The molecule has 2 rings (SSSR count). The molecule has 0 amide bonds. The van der Waals surface area contributed by atoms with Crippen LogP contribution in [0.4, 0.5) is 13.2 Å². The number of nitrogens with zero attached hydrogens (tertiary/aromatic N) is 1. The van der Waals surface area contributed by atoms with Crippen LogP contribution in [0.2, 0.25) is 0 Å². The second-order valence-corrected chi connectivity index (χ2v) is 3.74. The Morgan fingerprint density at radius 1 is 1.00 bits per heavy atom. The molecule has 0 aliphatic heterocycles. The van der Waals surface area contributed by atoms with E-state index in [1.807, 2.05) is 0 Å². The standard InChI is InChI=1S/C14H8F3NO/c15-14(16,17)11-7-6-10(9-18)13(8-11)19-12-4-2-1-3-5-12/h1-8H. The number of hydrogen-bond acceptors (Lipinski definition) is 2. The van der Waals surface area contributed by atoms with E-state index in [0.717, 1.165) is 18.2 Å². The van der Waals surface area contributed by atoms with Crippen LogP contribution in [-0.2, 0) is 6.18 Å². The summed E-state index contributed by atoms with van der Waals surface area (Å²) in [6.45, 7) is 0. The molecule has 0 saturated carbocycles. The highest BCUT2D eigenvalue weighted by Gasteiger charge is 2.31. The van der Waals surface area contributed by atoms with E-state index in [2.05, 4.69) is 0 Å². The summed E-state index contributed by atoms with van der Waals surface area (Å²) in [6.07, 6.45) is -4.47. The smallest absolute Gasteiger partial charge is 0.416 e. The number of para-hydroxylation sites is 1. The zero-order valence-corrected chi connectivity index (χ0v) is 9.61. The molecule has 96 valence electrons. The summed E-state index contributed by atoms with van der Waals surface area (Å²) in [4.78, 5) is 0. The van der Waals surface area contributed by atoms with Gasteiger partial charge in [0.2, 0.25) is 0 Å². The van der Waals surface area contributed by atoms with Crippen molar-refractivity contribution < 1.29 is 17.9 Å². The van der Waals surface area contributed by atoms with E-state index in [4.69, 9.17) is 10.00 Å². The zero-order valence-electron chi connectivity index (χ0n) is 9.61. The van der Waals surface area contributed by atoms with Crippen LogP contribution in [0.5, 0.6) is 11.5 Å². The van der Waals surface area contributed by atoms with E-state index < -0.39 is 11.7 Å². The van der Waals surface area contributed by atoms with Gasteiger partial charge in [-0.15, -0.1) is 0 Å². The quantitative estimate of drug-likeness (QED) is 0.806. The maximum atomic E-state index is 12.6. The molecule has 5 heteroatoms. The van der Waals surface area contributed by atoms with Crippen molar-refractivity contribution in [3.63, 3.8) is 0 Å². The normalized spacial score (nSPS) is 10.8. The fourth-order valence-corrected chi connectivity index (χ4v) is 1.49. The Kier molecular flexibility index (Phi) is 3.43. The molecular formula is C14H8F3NO. The highest BCUT2D eigenvalue weighted by molar-refractivity contribution is 5.48. The van der Waals surface area contributed by atoms with E-state index in [0.29, 0.717) is 5.75 Å². The summed E-state index contributed by atoms with van der Waals surface area (Å²) in [5.41, 5.74) is -0.797. The fraction of sp³-hybridized carbons (Fsp3) is 0.0714. The first-order valence-corrected chi connectivity index (χ1v) is 5.35. The Morgan fingerprint density at radius 2 is 1.68 bits per heavy atom. The number of rotatable bonds is 2. The van der Waals surface area contributed by atoms with Gasteiger partial charge in [-0.25, -0.2) is 0 Å². The van der Waals surface area contributed by atoms with Gasteiger partial charge in [-0.05, 0) is 30.3 Å². The molecule has 0 heterocycles. The van der Waals surface area contributed by atoms with Gasteiger partial charge < -0.3 is 4.74 Å². The third-order valence-electron chi connectivity index (χ3n) is 2.40. The molecule has 19 heavy (non-hydrogen) atoms. The van der Waals surface area contributed by atoms with Crippen molar-refractivity contribution in [2.45, 2.75) is 6.18 Å². The lowest BCUT2D eigenvalue weighted by Gasteiger charge is -2.11. The van der Waals surface area contributed by atoms with Gasteiger partial charge in [0.05, 0.1) is 11.1 Å². The molecule has 2 nitrogen and oxygen atoms in total. The van der Waals surface area contributed by atoms with Crippen molar-refractivity contribution in [3.8, 4) is 17.6 Å². The highest BCUT2D eigenvalue weighted by atomic mass is 19.4. The molecule has 0 unspecified atom stereocenters. The average molecular weight is 263 g/mol. The monoisotopic (exact) mass is 263 g/mol. The van der Waals surface area contributed by atoms with Gasteiger partial charge in [-0.3, -0.25) is 0 Å². The topological polar surface area (TPSA) is 33.0 Å². The third kappa shape index (κ3) is 3.05. The van der Waals surface area contributed by atoms with Gasteiger partial charge >= 0.3 is 6.18 Å². The molecule has 0 bridgehead atoms. The Morgan fingerprint density at radius 3 is 2.26 bits per heavy atom. The second-order valence-electron chi connectivity index (χ2n) is 3.74. The minimum absolute atomic E-state index is 0.0526. The van der Waals surface area contributed by atoms with E-state index in [-0.39, 0.29) is 11.3 Å². The van der Waals surface area contributed by atoms with Crippen molar-refractivity contribution in [1.29, 1.82) is 5.26 Å². The van der Waals surface area contributed by atoms with E-state index in [1.165, 1.54) is 0 Å². The summed E-state index contributed by atoms with van der Waals surface area (Å²) < 4.78 is 43.1. The van der Waals surface area contributed by atoms with Gasteiger partial charge in [-0.1, -0.05) is 18.2 Å². The molecule has 0 aliphatic carbocycles. The number of ether oxygens (including phenoxy) is 1. The zero-order chi connectivity index (χ0) is 13.9. The maximum absolute atomic E-state index is 12.6. The summed E-state index contributed by atoms with van der Waals surface area (Å²) in [6, 6.07) is 12.9. The van der Waals surface area contributed by atoms with Gasteiger partial charge in [0.25, 0.3) is 0 Å². The number of hydrogen-bond donors (Lipinski definition) is 0. The van der Waals surface area contributed by atoms with Gasteiger partial charge in [0.1, 0.15) is 17.6 Å². The fourth-order valence-electron chi connectivity index (χ4n) is 1.49. The molecule has 0 spiro atoms. The van der Waals surface area contributed by atoms with Crippen molar-refractivity contribution in [2.24, 2.45) is 0 Å². The second kappa shape index (κ2) is 5.02. The Hall–Kier alpha value is -2.48. The summed E-state index contributed by atoms with van der Waals surface area (Å²) in [5, 5.41) is 8.88. The highest BCUT2D eigenvalue weighted by Crippen LogP contribution is 2.34. The van der Waals surface area contributed by atoms with Gasteiger partial charge in [0, 0.05) is 0 Å². The van der Waals surface area contributed by atoms with E-state index in [9.17, 15) is 13.2 Å². The van der Waals surface area contributed by atoms with Crippen LogP contribution in [0, 0.1) is 11.3 Å². The van der Waals surface area contributed by atoms with Crippen LogP contribution in [0.3, 0.4) is 0 Å². The van der Waals surface area contributed by atoms with Gasteiger partial charge in [-0.2, -0.15) is 18.4 Å². The number of alkyl halides is 3. The van der Waals surface area contributed by atoms with Crippen molar-refractivity contribution >= 4 is 0 Å². The molecule has 0 atom stereocenters. The SMILES string of the molecule is N#Cc1ccc(C(F)(F)F)cc1Oc1ccccc1. The molecular weight excluding hydrogens is 255 g/mol. The van der Waals surface area contributed by atoms with E-state index in [1.54, 1.807) is 36.4 Å². The molecule has 0 N–H and O–H groups in total. The predicted molar refractivity (Wildman–Crippen MR) is 62.7 cm³/mol. The summed E-state index contributed by atoms with van der Waals surface area (Å²) in [5.74, 6) is 0.266. The first-order chi connectivity index (χ1) is 9.00. The Labute approximate surface area is 107 Å². The average Bonchev–Trinajstić information content (AvgIpc) is 2.39. The Balaban J connectivity index is 2.41. The van der Waals surface area contributed by atoms with Crippen LogP contribution in [-0.4, -0.2) is 0 Å². The van der Waals surface area contributed by atoms with Crippen molar-refractivity contribution in [1.82, 2.24) is 0 Å². The van der Waals surface area contributed by atoms with E-state index >= 15 is 0 Å². The molecule has 2 aromatic carbocycles. The third-order valence-corrected chi connectivity index (χ3v) is 2.40. The number of halogens is 3. The molecule has 2 aromatic rings. The van der Waals surface area contributed by atoms with Gasteiger partial charge in [0.15, 0.2) is 0 Å². The lowest BCUT2D eigenvalue weighted by atomic mass is 10.1. The Bertz CT molecular complexity index is 615. The molecule has 0 aliphatic rings. The predicted octanol–water partition coefficient (Wildman–Crippen LogP) is 4.37. The van der Waals surface area contributed by atoms with Crippen LogP contribution in [0.15, 0.2) is 48.5 Å². The lowest BCUT2D eigenvalue weighted by Crippen LogP contribution is -2.05. The van der Waals surface area contributed by atoms with Crippen LogP contribution in [0.1, 0.15) is 11.1 Å². The molecule has 0 aromatic heterocycles. The molecule has 0 fully saturated rings. The first-order valence-electron chi connectivity index (χ1n) is 5.35. The van der Waals surface area contributed by atoms with Crippen LogP contribution in [0.25, 0.3) is 0 Å². The minimum atomic E-state index is -4.47. The number of nitriles is 1. The number of benzene rings is 2.